The first-order chi connectivity index (χ1) is 13.5. The quantitative estimate of drug-likeness (QED) is 0.629. The highest BCUT2D eigenvalue weighted by Gasteiger charge is 2.34. The molecule has 150 valence electrons. The second kappa shape index (κ2) is 8.08. The lowest BCUT2D eigenvalue weighted by molar-refractivity contribution is 0.117. The first-order valence-corrected chi connectivity index (χ1v) is 10.4. The zero-order valence-electron chi connectivity index (χ0n) is 16.1. The number of alkyl halides is 1. The Labute approximate surface area is 170 Å². The minimum atomic E-state index is -0.634. The fourth-order valence-electron chi connectivity index (χ4n) is 4.19. The van der Waals surface area contributed by atoms with E-state index in [0.717, 1.165) is 59.1 Å². The SMILES string of the molecule is C=C(NCc1cc2cc(Cl)ccc2[nH]1)NC1CCCN(C(=C)C2CC(F)C2)C1. The molecule has 0 spiro atoms. The topological polar surface area (TPSA) is 43.1 Å². The molecule has 28 heavy (non-hydrogen) atoms. The number of aromatic amines is 1. The summed E-state index contributed by atoms with van der Waals surface area (Å²) in [6.07, 6.45) is 2.85. The molecule has 1 aromatic carbocycles. The molecule has 2 fully saturated rings. The summed E-state index contributed by atoms with van der Waals surface area (Å²) >= 11 is 6.06. The van der Waals surface area contributed by atoms with E-state index in [-0.39, 0.29) is 0 Å². The number of likely N-dealkylation sites (tertiary alicyclic amines) is 1. The Bertz CT molecular complexity index is 871. The molecule has 3 N–H and O–H groups in total. The van der Waals surface area contributed by atoms with Gasteiger partial charge < -0.3 is 20.5 Å². The van der Waals surface area contributed by atoms with Gasteiger partial charge in [-0.1, -0.05) is 24.8 Å². The molecule has 2 aromatic rings. The molecule has 0 amide bonds. The third-order valence-corrected chi connectivity index (χ3v) is 6.12. The van der Waals surface area contributed by atoms with Gasteiger partial charge in [0.25, 0.3) is 0 Å². The lowest BCUT2D eigenvalue weighted by Crippen LogP contribution is -2.48. The first kappa shape index (κ1) is 19.2. The third-order valence-electron chi connectivity index (χ3n) is 5.89. The van der Waals surface area contributed by atoms with E-state index in [0.29, 0.717) is 31.3 Å². The molecule has 1 aliphatic heterocycles. The van der Waals surface area contributed by atoms with E-state index < -0.39 is 6.17 Å². The minimum Gasteiger partial charge on any atom is -0.373 e. The molecule has 1 saturated carbocycles. The molecule has 0 radical (unpaired) electrons. The number of fused-ring (bicyclic) bond motifs is 1. The van der Waals surface area contributed by atoms with Crippen molar-refractivity contribution in [1.82, 2.24) is 20.5 Å². The van der Waals surface area contributed by atoms with Gasteiger partial charge in [0.2, 0.25) is 0 Å². The molecule has 6 heteroatoms. The van der Waals surface area contributed by atoms with Crippen molar-refractivity contribution in [2.24, 2.45) is 5.92 Å². The number of allylic oxidation sites excluding steroid dienone is 1. The Morgan fingerprint density at radius 3 is 2.89 bits per heavy atom. The number of piperidine rings is 1. The molecule has 1 aromatic heterocycles. The van der Waals surface area contributed by atoms with Crippen LogP contribution in [0.5, 0.6) is 0 Å². The van der Waals surface area contributed by atoms with E-state index in [9.17, 15) is 4.39 Å². The Hall–Kier alpha value is -2.14. The zero-order chi connectivity index (χ0) is 19.7. The number of hydrogen-bond donors (Lipinski definition) is 3. The molecular weight excluding hydrogens is 375 g/mol. The summed E-state index contributed by atoms with van der Waals surface area (Å²) in [5.74, 6) is 1.15. The van der Waals surface area contributed by atoms with Gasteiger partial charge in [0.1, 0.15) is 6.17 Å². The van der Waals surface area contributed by atoms with Crippen LogP contribution >= 0.6 is 11.6 Å². The van der Waals surface area contributed by atoms with Gasteiger partial charge in [-0.2, -0.15) is 0 Å². The number of rotatable bonds is 7. The van der Waals surface area contributed by atoms with Gasteiger partial charge >= 0.3 is 0 Å². The molecule has 1 saturated heterocycles. The molecule has 2 aliphatic rings. The molecule has 4 nitrogen and oxygen atoms in total. The second-order valence-corrected chi connectivity index (χ2v) is 8.48. The molecule has 4 rings (SSSR count). The van der Waals surface area contributed by atoms with Gasteiger partial charge in [-0.15, -0.1) is 0 Å². The fraction of sp³-hybridized carbons (Fsp3) is 0.455. The van der Waals surface area contributed by atoms with Crippen LogP contribution in [0, 0.1) is 5.92 Å². The maximum atomic E-state index is 13.2. The normalized spacial score (nSPS) is 24.6. The van der Waals surface area contributed by atoms with Crippen molar-refractivity contribution in [2.75, 3.05) is 13.1 Å². The summed E-state index contributed by atoms with van der Waals surface area (Å²) in [6, 6.07) is 8.27. The number of hydrogen-bond acceptors (Lipinski definition) is 3. The van der Waals surface area contributed by atoms with Crippen molar-refractivity contribution in [3.05, 3.63) is 59.7 Å². The summed E-state index contributed by atoms with van der Waals surface area (Å²) in [5, 5.41) is 8.71. The smallest absolute Gasteiger partial charge is 0.101 e. The average Bonchev–Trinajstić information content (AvgIpc) is 3.05. The molecular formula is C22H28ClFN4. The lowest BCUT2D eigenvalue weighted by atomic mass is 9.80. The molecule has 0 bridgehead atoms. The molecule has 1 aliphatic carbocycles. The maximum absolute atomic E-state index is 13.2. The van der Waals surface area contributed by atoms with Gasteiger partial charge in [-0.3, -0.25) is 0 Å². The molecule has 2 heterocycles. The Morgan fingerprint density at radius 1 is 1.29 bits per heavy atom. The van der Waals surface area contributed by atoms with E-state index in [1.807, 2.05) is 18.2 Å². The van der Waals surface area contributed by atoms with Gasteiger partial charge in [-0.25, -0.2) is 4.39 Å². The van der Waals surface area contributed by atoms with Crippen molar-refractivity contribution in [1.29, 1.82) is 0 Å². The Morgan fingerprint density at radius 2 is 2.11 bits per heavy atom. The van der Waals surface area contributed by atoms with Crippen LogP contribution in [0.4, 0.5) is 4.39 Å². The number of nitrogens with one attached hydrogen (secondary N) is 3. The highest BCUT2D eigenvalue weighted by atomic mass is 35.5. The van der Waals surface area contributed by atoms with Crippen LogP contribution in [0.1, 0.15) is 31.4 Å². The van der Waals surface area contributed by atoms with Gasteiger partial charge in [0.05, 0.1) is 12.4 Å². The van der Waals surface area contributed by atoms with E-state index >= 15 is 0 Å². The highest BCUT2D eigenvalue weighted by molar-refractivity contribution is 6.31. The van der Waals surface area contributed by atoms with Crippen LogP contribution in [0.2, 0.25) is 5.02 Å². The summed E-state index contributed by atoms with van der Waals surface area (Å²) in [5.41, 5.74) is 3.27. The van der Waals surface area contributed by atoms with Crippen LogP contribution in [0.3, 0.4) is 0 Å². The number of aromatic nitrogens is 1. The minimum absolute atomic E-state index is 0.325. The Balaban J connectivity index is 1.26. The summed E-state index contributed by atoms with van der Waals surface area (Å²) < 4.78 is 13.2. The number of H-pyrrole nitrogens is 1. The monoisotopic (exact) mass is 402 g/mol. The van der Waals surface area contributed by atoms with Crippen molar-refractivity contribution in [2.45, 2.75) is 44.4 Å². The van der Waals surface area contributed by atoms with Crippen LogP contribution in [-0.2, 0) is 6.54 Å². The Kier molecular flexibility index (Phi) is 5.54. The molecule has 1 atom stereocenters. The fourth-order valence-corrected chi connectivity index (χ4v) is 4.37. The van der Waals surface area contributed by atoms with Crippen LogP contribution in [0.15, 0.2) is 48.9 Å². The van der Waals surface area contributed by atoms with E-state index in [1.54, 1.807) is 0 Å². The van der Waals surface area contributed by atoms with Crippen molar-refractivity contribution in [3.63, 3.8) is 0 Å². The van der Waals surface area contributed by atoms with Gasteiger partial charge in [0.15, 0.2) is 0 Å². The maximum Gasteiger partial charge on any atom is 0.101 e. The molecule has 1 unspecified atom stereocenters. The number of benzene rings is 1. The van der Waals surface area contributed by atoms with Gasteiger partial charge in [-0.05, 0) is 49.9 Å². The summed E-state index contributed by atoms with van der Waals surface area (Å²) in [4.78, 5) is 5.72. The van der Waals surface area contributed by atoms with Crippen molar-refractivity contribution >= 4 is 22.5 Å². The predicted octanol–water partition coefficient (Wildman–Crippen LogP) is 4.70. The first-order valence-electron chi connectivity index (χ1n) is 10.0. The standard InChI is InChI=1S/C22H28ClFN4/c1-14(16-9-19(24)10-16)28-7-3-4-20(13-28)26-15(2)25-12-21-11-17-8-18(23)5-6-22(17)27-21/h5-6,8,11,16,19-20,25-27H,1-4,7,9-10,12-13H2. The van der Waals surface area contributed by atoms with Crippen LogP contribution < -0.4 is 10.6 Å². The second-order valence-electron chi connectivity index (χ2n) is 8.04. The summed E-state index contributed by atoms with van der Waals surface area (Å²) in [6.45, 7) is 10.9. The predicted molar refractivity (Wildman–Crippen MR) is 114 cm³/mol. The van der Waals surface area contributed by atoms with Crippen molar-refractivity contribution in [3.8, 4) is 0 Å². The number of halogens is 2. The lowest BCUT2D eigenvalue weighted by Gasteiger charge is -2.42. The number of nitrogens with zero attached hydrogens (tertiary/aromatic N) is 1. The van der Waals surface area contributed by atoms with Crippen molar-refractivity contribution < 1.29 is 4.39 Å². The van der Waals surface area contributed by atoms with Crippen LogP contribution in [-0.4, -0.2) is 35.2 Å². The average molecular weight is 403 g/mol. The summed E-state index contributed by atoms with van der Waals surface area (Å²) in [7, 11) is 0. The van der Waals surface area contributed by atoms with E-state index in [2.05, 4.69) is 39.7 Å². The van der Waals surface area contributed by atoms with Gasteiger partial charge in [0, 0.05) is 52.4 Å². The third kappa shape index (κ3) is 4.30. The van der Waals surface area contributed by atoms with E-state index in [1.165, 1.54) is 0 Å². The zero-order valence-corrected chi connectivity index (χ0v) is 16.9. The largest absolute Gasteiger partial charge is 0.373 e. The highest BCUT2D eigenvalue weighted by Crippen LogP contribution is 2.37. The van der Waals surface area contributed by atoms with Crippen LogP contribution in [0.25, 0.3) is 10.9 Å². The van der Waals surface area contributed by atoms with E-state index in [4.69, 9.17) is 11.6 Å².